The van der Waals surface area contributed by atoms with Gasteiger partial charge in [-0.1, -0.05) is 34.8 Å². The van der Waals surface area contributed by atoms with Gasteiger partial charge in [-0.3, -0.25) is 0 Å². The SMILES string of the molecule is O=C(Nc1ccc(Cl)nc1)Nc1ccc(Cl)c(Cl)c1. The van der Waals surface area contributed by atoms with E-state index >= 15 is 0 Å². The van der Waals surface area contributed by atoms with Crippen molar-refractivity contribution >= 4 is 52.2 Å². The van der Waals surface area contributed by atoms with Crippen LogP contribution in [0.1, 0.15) is 0 Å². The van der Waals surface area contributed by atoms with Gasteiger partial charge in [-0.2, -0.15) is 0 Å². The average molecular weight is 317 g/mol. The van der Waals surface area contributed by atoms with Gasteiger partial charge >= 0.3 is 6.03 Å². The summed E-state index contributed by atoms with van der Waals surface area (Å²) >= 11 is 17.3. The number of nitrogens with one attached hydrogen (secondary N) is 2. The summed E-state index contributed by atoms with van der Waals surface area (Å²) in [5.41, 5.74) is 1.07. The number of benzene rings is 1. The topological polar surface area (TPSA) is 54.0 Å². The summed E-state index contributed by atoms with van der Waals surface area (Å²) in [4.78, 5) is 15.6. The van der Waals surface area contributed by atoms with E-state index in [1.54, 1.807) is 30.3 Å². The molecule has 0 radical (unpaired) electrons. The van der Waals surface area contributed by atoms with Gasteiger partial charge < -0.3 is 10.6 Å². The van der Waals surface area contributed by atoms with Crippen molar-refractivity contribution in [1.29, 1.82) is 0 Å². The zero-order valence-corrected chi connectivity index (χ0v) is 11.7. The molecular formula is C12H8Cl3N3O. The molecule has 4 nitrogen and oxygen atoms in total. The van der Waals surface area contributed by atoms with Crippen molar-refractivity contribution in [2.24, 2.45) is 0 Å². The Bertz CT molecular complexity index is 602. The summed E-state index contributed by atoms with van der Waals surface area (Å²) in [7, 11) is 0. The number of hydrogen-bond donors (Lipinski definition) is 2. The molecule has 7 heteroatoms. The molecule has 2 N–H and O–H groups in total. The molecule has 19 heavy (non-hydrogen) atoms. The van der Waals surface area contributed by atoms with Crippen molar-refractivity contribution in [3.8, 4) is 0 Å². The third-order valence-electron chi connectivity index (χ3n) is 2.16. The first-order chi connectivity index (χ1) is 9.04. The lowest BCUT2D eigenvalue weighted by Crippen LogP contribution is -2.19. The highest BCUT2D eigenvalue weighted by molar-refractivity contribution is 6.42. The molecule has 0 fully saturated rings. The largest absolute Gasteiger partial charge is 0.323 e. The van der Waals surface area contributed by atoms with Crippen molar-refractivity contribution in [3.05, 3.63) is 51.7 Å². The Balaban J connectivity index is 2.01. The number of aromatic nitrogens is 1. The van der Waals surface area contributed by atoms with Crippen molar-refractivity contribution in [1.82, 2.24) is 4.98 Å². The Hall–Kier alpha value is -1.49. The van der Waals surface area contributed by atoms with Gasteiger partial charge in [0.05, 0.1) is 21.9 Å². The van der Waals surface area contributed by atoms with Crippen LogP contribution in [-0.2, 0) is 0 Å². The van der Waals surface area contributed by atoms with E-state index in [2.05, 4.69) is 15.6 Å². The molecule has 2 aromatic rings. The fraction of sp³-hybridized carbons (Fsp3) is 0. The minimum absolute atomic E-state index is 0.357. The van der Waals surface area contributed by atoms with Crippen molar-refractivity contribution < 1.29 is 4.79 Å². The van der Waals surface area contributed by atoms with Crippen LogP contribution < -0.4 is 10.6 Å². The number of rotatable bonds is 2. The Kier molecular flexibility index (Phi) is 4.47. The van der Waals surface area contributed by atoms with Crippen LogP contribution in [0.2, 0.25) is 15.2 Å². The summed E-state index contributed by atoms with van der Waals surface area (Å²) in [5.74, 6) is 0. The lowest BCUT2D eigenvalue weighted by atomic mass is 10.3. The van der Waals surface area contributed by atoms with Crippen LogP contribution in [0.15, 0.2) is 36.5 Å². The molecule has 0 spiro atoms. The van der Waals surface area contributed by atoms with Crippen LogP contribution in [0.25, 0.3) is 0 Å². The highest BCUT2D eigenvalue weighted by Gasteiger charge is 2.05. The molecule has 1 aromatic heterocycles. The standard InChI is InChI=1S/C12H8Cl3N3O/c13-9-3-1-7(5-10(9)14)17-12(19)18-8-2-4-11(15)16-6-8/h1-6H,(H2,17,18,19). The van der Waals surface area contributed by atoms with Crippen molar-refractivity contribution in [2.75, 3.05) is 10.6 Å². The van der Waals surface area contributed by atoms with Crippen LogP contribution in [-0.4, -0.2) is 11.0 Å². The number of urea groups is 1. The molecule has 0 unspecified atom stereocenters. The van der Waals surface area contributed by atoms with E-state index in [0.29, 0.717) is 26.6 Å². The van der Waals surface area contributed by atoms with Gasteiger partial charge in [0.1, 0.15) is 5.15 Å². The van der Waals surface area contributed by atoms with Crippen molar-refractivity contribution in [2.45, 2.75) is 0 Å². The fourth-order valence-corrected chi connectivity index (χ4v) is 1.73. The van der Waals surface area contributed by atoms with Gasteiger partial charge in [0, 0.05) is 5.69 Å². The third kappa shape index (κ3) is 3.99. The number of pyridine rings is 1. The fourth-order valence-electron chi connectivity index (χ4n) is 1.32. The third-order valence-corrected chi connectivity index (χ3v) is 3.13. The molecule has 0 saturated carbocycles. The number of amides is 2. The van der Waals surface area contributed by atoms with E-state index in [0.717, 1.165) is 0 Å². The summed E-state index contributed by atoms with van der Waals surface area (Å²) in [6, 6.07) is 7.61. The van der Waals surface area contributed by atoms with Crippen LogP contribution in [0.5, 0.6) is 0 Å². The number of hydrogen-bond acceptors (Lipinski definition) is 2. The zero-order valence-electron chi connectivity index (χ0n) is 9.45. The Morgan fingerprint density at radius 2 is 1.63 bits per heavy atom. The van der Waals surface area contributed by atoms with Gasteiger partial charge in [0.15, 0.2) is 0 Å². The normalized spacial score (nSPS) is 10.1. The average Bonchev–Trinajstić information content (AvgIpc) is 2.37. The predicted molar refractivity (Wildman–Crippen MR) is 78.4 cm³/mol. The number of nitrogens with zero attached hydrogens (tertiary/aromatic N) is 1. The maximum atomic E-state index is 11.7. The highest BCUT2D eigenvalue weighted by Crippen LogP contribution is 2.25. The predicted octanol–water partition coefficient (Wildman–Crippen LogP) is 4.69. The molecule has 2 amide bonds. The molecular weight excluding hydrogens is 309 g/mol. The lowest BCUT2D eigenvalue weighted by molar-refractivity contribution is 0.262. The zero-order chi connectivity index (χ0) is 13.8. The minimum Gasteiger partial charge on any atom is -0.308 e. The lowest BCUT2D eigenvalue weighted by Gasteiger charge is -2.08. The van der Waals surface area contributed by atoms with Gasteiger partial charge in [0.25, 0.3) is 0 Å². The Morgan fingerprint density at radius 3 is 2.26 bits per heavy atom. The number of carbonyl (C=O) groups is 1. The molecule has 1 heterocycles. The number of anilines is 2. The maximum Gasteiger partial charge on any atom is 0.323 e. The van der Waals surface area contributed by atoms with E-state index in [9.17, 15) is 4.79 Å². The second-order valence-electron chi connectivity index (χ2n) is 3.58. The second kappa shape index (κ2) is 6.10. The molecule has 98 valence electrons. The quantitative estimate of drug-likeness (QED) is 0.790. The molecule has 0 aliphatic rings. The Labute approximate surface area is 124 Å². The molecule has 0 bridgehead atoms. The highest BCUT2D eigenvalue weighted by atomic mass is 35.5. The second-order valence-corrected chi connectivity index (χ2v) is 4.78. The molecule has 0 saturated heterocycles. The monoisotopic (exact) mass is 315 g/mol. The molecule has 0 atom stereocenters. The molecule has 1 aromatic carbocycles. The minimum atomic E-state index is -0.414. The molecule has 2 rings (SSSR count). The Morgan fingerprint density at radius 1 is 0.947 bits per heavy atom. The van der Waals surface area contributed by atoms with E-state index in [1.165, 1.54) is 6.20 Å². The van der Waals surface area contributed by atoms with Gasteiger partial charge in [-0.05, 0) is 30.3 Å². The van der Waals surface area contributed by atoms with Crippen LogP contribution >= 0.6 is 34.8 Å². The van der Waals surface area contributed by atoms with Crippen molar-refractivity contribution in [3.63, 3.8) is 0 Å². The first-order valence-corrected chi connectivity index (χ1v) is 6.32. The molecule has 0 aliphatic heterocycles. The van der Waals surface area contributed by atoms with E-state index in [-0.39, 0.29) is 0 Å². The summed E-state index contributed by atoms with van der Waals surface area (Å²) in [5, 5.41) is 6.37. The number of carbonyl (C=O) groups excluding carboxylic acids is 1. The number of halogens is 3. The summed E-state index contributed by atoms with van der Waals surface area (Å²) in [6.45, 7) is 0. The first kappa shape index (κ1) is 13.9. The van der Waals surface area contributed by atoms with E-state index in [1.807, 2.05) is 0 Å². The van der Waals surface area contributed by atoms with Gasteiger partial charge in [-0.15, -0.1) is 0 Å². The van der Waals surface area contributed by atoms with E-state index in [4.69, 9.17) is 34.8 Å². The van der Waals surface area contributed by atoms with Gasteiger partial charge in [0.2, 0.25) is 0 Å². The summed E-state index contributed by atoms with van der Waals surface area (Å²) < 4.78 is 0. The van der Waals surface area contributed by atoms with Crippen LogP contribution in [0.3, 0.4) is 0 Å². The maximum absolute atomic E-state index is 11.7. The first-order valence-electron chi connectivity index (χ1n) is 5.19. The van der Waals surface area contributed by atoms with Crippen LogP contribution in [0, 0.1) is 0 Å². The van der Waals surface area contributed by atoms with E-state index < -0.39 is 6.03 Å². The molecule has 0 aliphatic carbocycles. The summed E-state index contributed by atoms with van der Waals surface area (Å²) in [6.07, 6.45) is 1.46. The smallest absolute Gasteiger partial charge is 0.308 e. The van der Waals surface area contributed by atoms with Gasteiger partial charge in [-0.25, -0.2) is 9.78 Å². The van der Waals surface area contributed by atoms with Crippen LogP contribution in [0.4, 0.5) is 16.2 Å².